The van der Waals surface area contributed by atoms with Crippen molar-refractivity contribution in [2.24, 2.45) is 11.8 Å². The van der Waals surface area contributed by atoms with Crippen molar-refractivity contribution >= 4 is 17.8 Å². The molecule has 0 aliphatic heterocycles. The van der Waals surface area contributed by atoms with Crippen molar-refractivity contribution in [3.05, 3.63) is 48.0 Å². The van der Waals surface area contributed by atoms with E-state index in [4.69, 9.17) is 9.47 Å². The summed E-state index contributed by atoms with van der Waals surface area (Å²) in [4.78, 5) is 37.5. The summed E-state index contributed by atoms with van der Waals surface area (Å²) in [5.74, 6) is 0.427. The van der Waals surface area contributed by atoms with Gasteiger partial charge in [-0.3, -0.25) is 14.4 Å². The predicted molar refractivity (Wildman–Crippen MR) is 195 cm³/mol. The van der Waals surface area contributed by atoms with E-state index < -0.39 is 12.1 Å². The molecule has 1 amide bonds. The van der Waals surface area contributed by atoms with Gasteiger partial charge in [-0.05, 0) is 49.5 Å². The van der Waals surface area contributed by atoms with Gasteiger partial charge in [0.15, 0.2) is 0 Å². The summed E-state index contributed by atoms with van der Waals surface area (Å²) in [7, 11) is 0. The molecule has 0 bridgehead atoms. The lowest BCUT2D eigenvalue weighted by molar-refractivity contribution is -0.152. The van der Waals surface area contributed by atoms with Gasteiger partial charge < -0.3 is 14.8 Å². The molecule has 6 nitrogen and oxygen atoms in total. The minimum absolute atomic E-state index is 0.0699. The number of carbonyl (C=O) groups is 3. The molecular formula is C41H69NO5. The Hall–Kier alpha value is -2.63. The van der Waals surface area contributed by atoms with Gasteiger partial charge in [0.05, 0.1) is 6.42 Å². The highest BCUT2D eigenvalue weighted by Crippen LogP contribution is 2.17. The maximum Gasteiger partial charge on any atom is 0.325 e. The van der Waals surface area contributed by atoms with Gasteiger partial charge in [0.25, 0.3) is 0 Å². The average Bonchev–Trinajstić information content (AvgIpc) is 3.04. The maximum absolute atomic E-state index is 12.7. The van der Waals surface area contributed by atoms with Crippen LogP contribution in [0.4, 0.5) is 0 Å². The Kier molecular flexibility index (Phi) is 26.6. The largest absolute Gasteiger partial charge is 0.462 e. The topological polar surface area (TPSA) is 81.7 Å². The number of hydrogen-bond acceptors (Lipinski definition) is 5. The Morgan fingerprint density at radius 2 is 1.23 bits per heavy atom. The molecule has 1 atom stereocenters. The van der Waals surface area contributed by atoms with E-state index in [1.165, 1.54) is 83.5 Å². The number of hydrogen-bond donors (Lipinski definition) is 1. The number of allylic oxidation sites excluding steroid dienone is 2. The second-order valence-corrected chi connectivity index (χ2v) is 14.1. The Morgan fingerprint density at radius 1 is 0.681 bits per heavy atom. The molecule has 0 aromatic heterocycles. The van der Waals surface area contributed by atoms with Crippen LogP contribution in [-0.2, 0) is 30.5 Å². The third-order valence-electron chi connectivity index (χ3n) is 8.46. The highest BCUT2D eigenvalue weighted by atomic mass is 16.5. The summed E-state index contributed by atoms with van der Waals surface area (Å²) >= 11 is 0. The van der Waals surface area contributed by atoms with Crippen LogP contribution in [0.5, 0.6) is 0 Å². The number of esters is 2. The number of unbranched alkanes of at least 4 members (excludes halogenated alkanes) is 15. The molecule has 0 fully saturated rings. The third kappa shape index (κ3) is 28.1. The van der Waals surface area contributed by atoms with E-state index in [1.54, 1.807) is 0 Å². The molecule has 0 spiro atoms. The molecule has 6 heteroatoms. The Bertz CT molecular complexity index is 942. The summed E-state index contributed by atoms with van der Waals surface area (Å²) in [6.45, 7) is 8.97. The maximum atomic E-state index is 12.7. The number of nitrogens with one attached hydrogen (secondary N) is 1. The van der Waals surface area contributed by atoms with Crippen molar-refractivity contribution in [2.45, 2.75) is 175 Å². The van der Waals surface area contributed by atoms with E-state index in [1.807, 2.05) is 30.3 Å². The second-order valence-electron chi connectivity index (χ2n) is 14.1. The SMILES string of the molecule is CC(C)C=CCCCCCCCCCC(=O)OC(CCCCCCCCCCCC(C)C)CC(=O)NCC(=O)OCc1ccccc1. The Balaban J connectivity index is 2.33. The molecule has 0 aliphatic rings. The van der Waals surface area contributed by atoms with Gasteiger partial charge in [-0.15, -0.1) is 0 Å². The van der Waals surface area contributed by atoms with Crippen LogP contribution in [0.2, 0.25) is 0 Å². The zero-order chi connectivity index (χ0) is 34.4. The molecule has 0 saturated carbocycles. The number of amides is 1. The normalized spacial score (nSPS) is 12.1. The van der Waals surface area contributed by atoms with Crippen LogP contribution in [0.25, 0.3) is 0 Å². The molecule has 0 heterocycles. The Morgan fingerprint density at radius 3 is 1.83 bits per heavy atom. The quantitative estimate of drug-likeness (QED) is 0.0507. The molecule has 0 saturated heterocycles. The number of ether oxygens (including phenoxy) is 2. The lowest BCUT2D eigenvalue weighted by Gasteiger charge is -2.18. The van der Waals surface area contributed by atoms with Gasteiger partial charge in [-0.25, -0.2) is 0 Å². The predicted octanol–water partition coefficient (Wildman–Crippen LogP) is 10.8. The first kappa shape index (κ1) is 42.4. The van der Waals surface area contributed by atoms with Crippen LogP contribution in [0.1, 0.15) is 168 Å². The van der Waals surface area contributed by atoms with Crippen molar-refractivity contribution in [3.63, 3.8) is 0 Å². The van der Waals surface area contributed by atoms with Crippen LogP contribution < -0.4 is 5.32 Å². The molecule has 1 rings (SSSR count). The number of benzene rings is 1. The smallest absolute Gasteiger partial charge is 0.325 e. The fraction of sp³-hybridized carbons (Fsp3) is 0.732. The number of rotatable bonds is 30. The molecule has 1 N–H and O–H groups in total. The summed E-state index contributed by atoms with van der Waals surface area (Å²) < 4.78 is 11.1. The standard InChI is InChI=1S/C41H69NO5/c1-35(2)26-20-15-11-7-5-9-13-17-24-30-38(32-39(43)42-33-41(45)46-34-37-28-22-19-23-29-37)47-40(44)31-25-18-14-10-6-8-12-16-21-27-36(3)4/h19,21-23,27-29,35-36,38H,5-18,20,24-26,30-34H2,1-4H3,(H,42,43). The van der Waals surface area contributed by atoms with Gasteiger partial charge in [-0.2, -0.15) is 0 Å². The molecule has 0 radical (unpaired) electrons. The van der Waals surface area contributed by atoms with Gasteiger partial charge in [-0.1, -0.05) is 160 Å². The van der Waals surface area contributed by atoms with Crippen molar-refractivity contribution in [1.82, 2.24) is 5.32 Å². The van der Waals surface area contributed by atoms with Crippen LogP contribution >= 0.6 is 0 Å². The average molecular weight is 656 g/mol. The van der Waals surface area contributed by atoms with Gasteiger partial charge in [0, 0.05) is 6.42 Å². The molecule has 1 unspecified atom stereocenters. The highest BCUT2D eigenvalue weighted by Gasteiger charge is 2.19. The molecule has 268 valence electrons. The minimum atomic E-state index is -0.487. The van der Waals surface area contributed by atoms with Crippen LogP contribution in [0.3, 0.4) is 0 Å². The van der Waals surface area contributed by atoms with Crippen LogP contribution in [-0.4, -0.2) is 30.5 Å². The first-order valence-corrected chi connectivity index (χ1v) is 19.1. The summed E-state index contributed by atoms with van der Waals surface area (Å²) in [6.07, 6.45) is 26.7. The van der Waals surface area contributed by atoms with Gasteiger partial charge >= 0.3 is 11.9 Å². The molecule has 1 aromatic rings. The summed E-state index contributed by atoms with van der Waals surface area (Å²) in [6, 6.07) is 9.45. The highest BCUT2D eigenvalue weighted by molar-refractivity contribution is 5.82. The minimum Gasteiger partial charge on any atom is -0.462 e. The van der Waals surface area contributed by atoms with E-state index in [2.05, 4.69) is 45.2 Å². The van der Waals surface area contributed by atoms with Crippen molar-refractivity contribution in [3.8, 4) is 0 Å². The summed E-state index contributed by atoms with van der Waals surface area (Å²) in [5.41, 5.74) is 0.894. The van der Waals surface area contributed by atoms with E-state index in [0.717, 1.165) is 43.6 Å². The van der Waals surface area contributed by atoms with E-state index in [9.17, 15) is 14.4 Å². The third-order valence-corrected chi connectivity index (χ3v) is 8.46. The van der Waals surface area contributed by atoms with Crippen molar-refractivity contribution in [2.75, 3.05) is 6.54 Å². The lowest BCUT2D eigenvalue weighted by atomic mass is 10.0. The fourth-order valence-electron chi connectivity index (χ4n) is 5.63. The lowest BCUT2D eigenvalue weighted by Crippen LogP contribution is -2.34. The zero-order valence-electron chi connectivity index (χ0n) is 30.6. The van der Waals surface area contributed by atoms with Gasteiger partial charge in [0.1, 0.15) is 19.3 Å². The molecule has 47 heavy (non-hydrogen) atoms. The second kappa shape index (κ2) is 29.5. The summed E-state index contributed by atoms with van der Waals surface area (Å²) in [5, 5.41) is 2.65. The first-order valence-electron chi connectivity index (χ1n) is 19.1. The van der Waals surface area contributed by atoms with E-state index in [-0.39, 0.29) is 31.4 Å². The van der Waals surface area contributed by atoms with Gasteiger partial charge in [0.2, 0.25) is 5.91 Å². The van der Waals surface area contributed by atoms with Crippen LogP contribution in [0, 0.1) is 11.8 Å². The van der Waals surface area contributed by atoms with Crippen LogP contribution in [0.15, 0.2) is 42.5 Å². The van der Waals surface area contributed by atoms with E-state index in [0.29, 0.717) is 18.8 Å². The van der Waals surface area contributed by atoms with Crippen molar-refractivity contribution < 1.29 is 23.9 Å². The van der Waals surface area contributed by atoms with E-state index >= 15 is 0 Å². The first-order chi connectivity index (χ1) is 22.8. The molecule has 1 aromatic carbocycles. The van der Waals surface area contributed by atoms with Crippen molar-refractivity contribution in [1.29, 1.82) is 0 Å². The zero-order valence-corrected chi connectivity index (χ0v) is 30.6. The number of carbonyl (C=O) groups excluding carboxylic acids is 3. The monoisotopic (exact) mass is 656 g/mol. The molecular weight excluding hydrogens is 586 g/mol. The Labute approximate surface area is 288 Å². The molecule has 0 aliphatic carbocycles. The fourth-order valence-corrected chi connectivity index (χ4v) is 5.63.